The van der Waals surface area contributed by atoms with Gasteiger partial charge in [0.05, 0.1) is 28.1 Å². The van der Waals surface area contributed by atoms with E-state index in [1.54, 1.807) is 42.5 Å². The van der Waals surface area contributed by atoms with Gasteiger partial charge in [-0.15, -0.1) is 0 Å². The average molecular weight is 515 g/mol. The first-order valence-corrected chi connectivity index (χ1v) is 12.3. The lowest BCUT2D eigenvalue weighted by Crippen LogP contribution is -2.14. The summed E-state index contributed by atoms with van der Waals surface area (Å²) in [5.74, 6) is -0.329. The van der Waals surface area contributed by atoms with Crippen LogP contribution in [0.25, 0.3) is 11.1 Å². The van der Waals surface area contributed by atoms with Crippen molar-refractivity contribution >= 4 is 45.9 Å². The maximum Gasteiger partial charge on any atom is 0.228 e. The molecule has 1 N–H and O–H groups in total. The lowest BCUT2D eigenvalue weighted by Gasteiger charge is -2.15. The number of nitrogens with zero attached hydrogens (tertiary/aromatic N) is 2. The molecule has 3 rings (SSSR count). The van der Waals surface area contributed by atoms with Gasteiger partial charge in [-0.25, -0.2) is 0 Å². The first-order valence-electron chi connectivity index (χ1n) is 10.3. The van der Waals surface area contributed by atoms with E-state index in [9.17, 15) is 18.8 Å². The minimum Gasteiger partial charge on any atom is -0.772 e. The molecule has 0 heterocycles. The summed E-state index contributed by atoms with van der Waals surface area (Å²) in [6.07, 6.45) is 0.108. The number of anilines is 1. The Hall–Kier alpha value is -2.73. The van der Waals surface area contributed by atoms with Gasteiger partial charge in [0.25, 0.3) is 0 Å². The zero-order valence-corrected chi connectivity index (χ0v) is 20.9. The van der Waals surface area contributed by atoms with Crippen molar-refractivity contribution < 1.29 is 13.6 Å². The second-order valence-electron chi connectivity index (χ2n) is 8.03. The van der Waals surface area contributed by atoms with E-state index < -0.39 is 11.1 Å². The lowest BCUT2D eigenvalue weighted by atomic mass is 9.99. The fourth-order valence-corrected chi connectivity index (χ4v) is 4.69. The van der Waals surface area contributed by atoms with Crippen LogP contribution >= 0.6 is 23.2 Å². The summed E-state index contributed by atoms with van der Waals surface area (Å²) in [5.41, 5.74) is 4.60. The van der Waals surface area contributed by atoms with Crippen molar-refractivity contribution in [2.24, 2.45) is 0 Å². The highest BCUT2D eigenvalue weighted by molar-refractivity contribution is 7.78. The average Bonchev–Trinajstić information content (AvgIpc) is 2.74. The van der Waals surface area contributed by atoms with Crippen molar-refractivity contribution in [2.45, 2.75) is 18.7 Å². The molecule has 1 unspecified atom stereocenters. The van der Waals surface area contributed by atoms with Gasteiger partial charge >= 0.3 is 0 Å². The van der Waals surface area contributed by atoms with E-state index in [0.29, 0.717) is 44.5 Å². The monoisotopic (exact) mass is 514 g/mol. The van der Waals surface area contributed by atoms with Crippen LogP contribution in [0, 0.1) is 11.3 Å². The standard InChI is InChI=1S/C25H23Cl2N3O3S/c1-30(2)14-19-8-7-18(10-20(19)13-28)25-22(26)11-21(12-23(25)27)29-24(31)9-16-3-5-17(6-4-16)15-34(32)33/h3-8,10-12H,9,14-15H2,1-2H3,(H,29,31)(H,32,33)/p-1. The third-order valence-electron chi connectivity index (χ3n) is 5.00. The molecule has 0 bridgehead atoms. The van der Waals surface area contributed by atoms with E-state index in [1.165, 1.54) is 0 Å². The number of hydrogen-bond donors (Lipinski definition) is 1. The van der Waals surface area contributed by atoms with Crippen LogP contribution in [0.3, 0.4) is 0 Å². The van der Waals surface area contributed by atoms with Crippen LogP contribution in [-0.2, 0) is 34.6 Å². The Labute approximate surface area is 211 Å². The molecule has 3 aromatic rings. The molecule has 9 heteroatoms. The molecule has 1 atom stereocenters. The second-order valence-corrected chi connectivity index (χ2v) is 9.74. The smallest absolute Gasteiger partial charge is 0.228 e. The predicted octanol–water partition coefficient (Wildman–Crippen LogP) is 5.15. The van der Waals surface area contributed by atoms with Gasteiger partial charge < -0.3 is 14.8 Å². The van der Waals surface area contributed by atoms with Crippen molar-refractivity contribution in [3.63, 3.8) is 0 Å². The molecule has 0 spiro atoms. The van der Waals surface area contributed by atoms with Crippen LogP contribution in [0.5, 0.6) is 0 Å². The van der Waals surface area contributed by atoms with E-state index in [-0.39, 0.29) is 18.1 Å². The summed E-state index contributed by atoms with van der Waals surface area (Å²) in [6.45, 7) is 0.635. The van der Waals surface area contributed by atoms with Crippen LogP contribution < -0.4 is 5.32 Å². The maximum atomic E-state index is 12.5. The van der Waals surface area contributed by atoms with Crippen LogP contribution in [0.4, 0.5) is 5.69 Å². The Balaban J connectivity index is 1.76. The number of rotatable bonds is 8. The number of amides is 1. The molecule has 0 aliphatic carbocycles. The van der Waals surface area contributed by atoms with Crippen LogP contribution in [-0.4, -0.2) is 33.7 Å². The molecule has 0 radical (unpaired) electrons. The summed E-state index contributed by atoms with van der Waals surface area (Å²) < 4.78 is 21.6. The second kappa shape index (κ2) is 11.6. The number of nitriles is 1. The molecule has 34 heavy (non-hydrogen) atoms. The number of carbonyl (C=O) groups excluding carboxylic acids is 1. The first-order chi connectivity index (χ1) is 16.2. The highest BCUT2D eigenvalue weighted by Crippen LogP contribution is 2.38. The van der Waals surface area contributed by atoms with Gasteiger partial charge in [-0.2, -0.15) is 5.26 Å². The summed E-state index contributed by atoms with van der Waals surface area (Å²) in [4.78, 5) is 14.5. The molecule has 176 valence electrons. The summed E-state index contributed by atoms with van der Waals surface area (Å²) >= 11 is 10.9. The predicted molar refractivity (Wildman–Crippen MR) is 135 cm³/mol. The molecule has 6 nitrogen and oxygen atoms in total. The fraction of sp³-hybridized carbons (Fsp3) is 0.200. The molecule has 0 fully saturated rings. The van der Waals surface area contributed by atoms with Gasteiger partial charge in [0, 0.05) is 23.5 Å². The molecule has 1 amide bonds. The lowest BCUT2D eigenvalue weighted by molar-refractivity contribution is -0.115. The normalized spacial score (nSPS) is 11.8. The Morgan fingerprint density at radius 2 is 1.68 bits per heavy atom. The molecular weight excluding hydrogens is 493 g/mol. The number of benzene rings is 3. The van der Waals surface area contributed by atoms with Gasteiger partial charge in [0.2, 0.25) is 5.91 Å². The van der Waals surface area contributed by atoms with Crippen LogP contribution in [0.2, 0.25) is 10.0 Å². The summed E-state index contributed by atoms with van der Waals surface area (Å²) in [7, 11) is 3.87. The van der Waals surface area contributed by atoms with E-state index >= 15 is 0 Å². The van der Waals surface area contributed by atoms with Crippen molar-refractivity contribution in [1.82, 2.24) is 4.90 Å². The largest absolute Gasteiger partial charge is 0.772 e. The van der Waals surface area contributed by atoms with E-state index in [0.717, 1.165) is 11.1 Å². The molecule has 0 aliphatic rings. The molecule has 0 saturated heterocycles. The number of nitrogens with one attached hydrogen (secondary N) is 1. The highest BCUT2D eigenvalue weighted by Gasteiger charge is 2.15. The highest BCUT2D eigenvalue weighted by atomic mass is 35.5. The van der Waals surface area contributed by atoms with Crippen molar-refractivity contribution in [3.8, 4) is 17.2 Å². The summed E-state index contributed by atoms with van der Waals surface area (Å²) in [5, 5.41) is 13.0. The van der Waals surface area contributed by atoms with E-state index in [4.69, 9.17) is 23.2 Å². The van der Waals surface area contributed by atoms with Gasteiger partial charge in [0.15, 0.2) is 0 Å². The minimum absolute atomic E-state index is 0.0654. The number of halogens is 2. The van der Waals surface area contributed by atoms with E-state index in [2.05, 4.69) is 11.4 Å². The zero-order chi connectivity index (χ0) is 24.8. The Bertz CT molecular complexity index is 1250. The van der Waals surface area contributed by atoms with Crippen molar-refractivity contribution in [2.75, 3.05) is 19.4 Å². The topological polar surface area (TPSA) is 96.3 Å². The van der Waals surface area contributed by atoms with Crippen LogP contribution in [0.1, 0.15) is 22.3 Å². The molecule has 0 aliphatic heterocycles. The Kier molecular flexibility index (Phi) is 8.84. The zero-order valence-electron chi connectivity index (χ0n) is 18.6. The maximum absolute atomic E-state index is 12.5. The molecule has 0 aromatic heterocycles. The third-order valence-corrected chi connectivity index (χ3v) is 6.17. The number of hydrogen-bond acceptors (Lipinski definition) is 5. The quantitative estimate of drug-likeness (QED) is 0.419. The minimum atomic E-state index is -2.16. The van der Waals surface area contributed by atoms with Gasteiger partial charge in [0.1, 0.15) is 0 Å². The third kappa shape index (κ3) is 6.89. The van der Waals surface area contributed by atoms with Crippen molar-refractivity contribution in [3.05, 3.63) is 86.9 Å². The van der Waals surface area contributed by atoms with Gasteiger partial charge in [-0.3, -0.25) is 9.00 Å². The number of carbonyl (C=O) groups is 1. The van der Waals surface area contributed by atoms with E-state index in [1.807, 2.05) is 31.1 Å². The molecule has 0 saturated carbocycles. The fourth-order valence-electron chi connectivity index (χ4n) is 3.52. The van der Waals surface area contributed by atoms with Gasteiger partial charge in [-0.05, 0) is 54.5 Å². The Morgan fingerprint density at radius 1 is 1.06 bits per heavy atom. The summed E-state index contributed by atoms with van der Waals surface area (Å²) in [6, 6.07) is 17.8. The van der Waals surface area contributed by atoms with Gasteiger partial charge in [-0.1, -0.05) is 70.7 Å². The Morgan fingerprint density at radius 3 is 2.24 bits per heavy atom. The molecule has 3 aromatic carbocycles. The van der Waals surface area contributed by atoms with Crippen LogP contribution in [0.15, 0.2) is 54.6 Å². The van der Waals surface area contributed by atoms with Crippen molar-refractivity contribution in [1.29, 1.82) is 5.26 Å². The SMILES string of the molecule is CN(C)Cc1ccc(-c2c(Cl)cc(NC(=O)Cc3ccc(CS(=O)[O-])cc3)cc2Cl)cc1C#N. The first kappa shape index (κ1) is 25.9. The molecular formula is C25H22Cl2N3O3S-.